The molecule has 0 saturated carbocycles. The summed E-state index contributed by atoms with van der Waals surface area (Å²) in [6, 6.07) is 7.43. The third-order valence-corrected chi connectivity index (χ3v) is 7.10. The van der Waals surface area contributed by atoms with E-state index in [1.807, 2.05) is 13.8 Å². The number of hydrogen-bond acceptors (Lipinski definition) is 4. The Balaban J connectivity index is 1.99. The van der Waals surface area contributed by atoms with Crippen molar-refractivity contribution in [3.05, 3.63) is 58.4 Å². The van der Waals surface area contributed by atoms with Gasteiger partial charge in [-0.15, -0.1) is 0 Å². The Bertz CT molecular complexity index is 1030. The molecule has 2 aromatic carbocycles. The van der Waals surface area contributed by atoms with Crippen LogP contribution in [0.5, 0.6) is 5.75 Å². The molecule has 0 aliphatic heterocycles. The van der Waals surface area contributed by atoms with Crippen molar-refractivity contribution in [2.45, 2.75) is 62.9 Å². The van der Waals surface area contributed by atoms with Gasteiger partial charge in [-0.3, -0.25) is 4.55 Å². The summed E-state index contributed by atoms with van der Waals surface area (Å²) in [6.07, 6.45) is 1.20. The van der Waals surface area contributed by atoms with Crippen LogP contribution in [0.1, 0.15) is 54.9 Å². The SMILES string of the molecule is Cc1ccc(O)c(CC[C@]2(O)CCc3cc(F)ccc3[C@H]2C(C)C)c1S(=O)(=O)O. The summed E-state index contributed by atoms with van der Waals surface area (Å²) in [5.41, 5.74) is 1.07. The van der Waals surface area contributed by atoms with E-state index in [-0.39, 0.29) is 46.7 Å². The van der Waals surface area contributed by atoms with Gasteiger partial charge in [-0.25, -0.2) is 4.39 Å². The smallest absolute Gasteiger partial charge is 0.295 e. The van der Waals surface area contributed by atoms with Crippen molar-refractivity contribution in [1.29, 1.82) is 0 Å². The summed E-state index contributed by atoms with van der Waals surface area (Å²) in [7, 11) is -4.53. The normalized spacial score (nSPS) is 22.0. The van der Waals surface area contributed by atoms with Crippen LogP contribution in [-0.2, 0) is 23.0 Å². The number of aryl methyl sites for hydroxylation is 2. The first-order chi connectivity index (χ1) is 13.4. The van der Waals surface area contributed by atoms with Crippen molar-refractivity contribution in [3.8, 4) is 5.75 Å². The van der Waals surface area contributed by atoms with Gasteiger partial charge in [0.2, 0.25) is 0 Å². The quantitative estimate of drug-likeness (QED) is 0.630. The highest BCUT2D eigenvalue weighted by Crippen LogP contribution is 2.46. The molecular formula is C22H27FO5S. The number of aliphatic hydroxyl groups is 1. The second-order valence-electron chi connectivity index (χ2n) is 8.35. The first-order valence-corrected chi connectivity index (χ1v) is 11.2. The highest BCUT2D eigenvalue weighted by atomic mass is 32.2. The Hall–Kier alpha value is -1.96. The molecule has 3 rings (SSSR count). The van der Waals surface area contributed by atoms with E-state index in [0.29, 0.717) is 18.4 Å². The highest BCUT2D eigenvalue weighted by Gasteiger charge is 2.43. The zero-order valence-corrected chi connectivity index (χ0v) is 17.6. The summed E-state index contributed by atoms with van der Waals surface area (Å²) in [6.45, 7) is 5.52. The van der Waals surface area contributed by atoms with Crippen molar-refractivity contribution < 1.29 is 27.6 Å². The molecule has 0 heterocycles. The van der Waals surface area contributed by atoms with Crippen LogP contribution in [0.15, 0.2) is 35.2 Å². The lowest BCUT2D eigenvalue weighted by Crippen LogP contribution is -2.43. The summed E-state index contributed by atoms with van der Waals surface area (Å²) < 4.78 is 47.0. The fourth-order valence-corrected chi connectivity index (χ4v) is 5.82. The van der Waals surface area contributed by atoms with Crippen LogP contribution in [0.3, 0.4) is 0 Å². The predicted molar refractivity (Wildman–Crippen MR) is 108 cm³/mol. The second-order valence-corrected chi connectivity index (χ2v) is 9.71. The molecule has 0 amide bonds. The Labute approximate surface area is 171 Å². The molecule has 0 radical (unpaired) electrons. The zero-order chi connectivity index (χ0) is 21.6. The van der Waals surface area contributed by atoms with Crippen LogP contribution < -0.4 is 0 Å². The predicted octanol–water partition coefficient (Wildman–Crippen LogP) is 4.14. The summed E-state index contributed by atoms with van der Waals surface area (Å²) in [4.78, 5) is -0.305. The van der Waals surface area contributed by atoms with E-state index in [1.54, 1.807) is 13.0 Å². The van der Waals surface area contributed by atoms with Crippen LogP contribution in [-0.4, -0.2) is 28.8 Å². The van der Waals surface area contributed by atoms with Gasteiger partial charge in [0.1, 0.15) is 16.5 Å². The van der Waals surface area contributed by atoms with Gasteiger partial charge in [-0.2, -0.15) is 8.42 Å². The van der Waals surface area contributed by atoms with Gasteiger partial charge in [0.15, 0.2) is 0 Å². The number of benzene rings is 2. The maximum Gasteiger partial charge on any atom is 0.295 e. The lowest BCUT2D eigenvalue weighted by Gasteiger charge is -2.44. The van der Waals surface area contributed by atoms with E-state index < -0.39 is 15.7 Å². The van der Waals surface area contributed by atoms with E-state index in [0.717, 1.165) is 11.1 Å². The number of hydrogen-bond donors (Lipinski definition) is 3. The minimum absolute atomic E-state index is 0.0664. The number of phenols is 1. The van der Waals surface area contributed by atoms with E-state index in [1.165, 1.54) is 24.3 Å². The van der Waals surface area contributed by atoms with Crippen molar-refractivity contribution in [2.75, 3.05) is 0 Å². The number of rotatable bonds is 5. The molecule has 158 valence electrons. The molecule has 5 nitrogen and oxygen atoms in total. The third kappa shape index (κ3) is 4.17. The molecule has 0 bridgehead atoms. The maximum absolute atomic E-state index is 13.7. The van der Waals surface area contributed by atoms with Crippen molar-refractivity contribution in [1.82, 2.24) is 0 Å². The van der Waals surface area contributed by atoms with Crippen molar-refractivity contribution >= 4 is 10.1 Å². The topological polar surface area (TPSA) is 94.8 Å². The molecule has 2 aromatic rings. The molecule has 29 heavy (non-hydrogen) atoms. The fraction of sp³-hybridized carbons (Fsp3) is 0.455. The molecule has 0 unspecified atom stereocenters. The van der Waals surface area contributed by atoms with E-state index in [2.05, 4.69) is 0 Å². The Kier molecular flexibility index (Phi) is 5.77. The van der Waals surface area contributed by atoms with E-state index in [4.69, 9.17) is 0 Å². The maximum atomic E-state index is 13.7. The van der Waals surface area contributed by atoms with Crippen LogP contribution in [0.4, 0.5) is 4.39 Å². The number of halogens is 1. The van der Waals surface area contributed by atoms with Crippen LogP contribution in [0.25, 0.3) is 0 Å². The molecule has 0 saturated heterocycles. The molecule has 0 fully saturated rings. The summed E-state index contributed by atoms with van der Waals surface area (Å²) in [5.74, 6) is -0.727. The second kappa shape index (κ2) is 7.70. The Morgan fingerprint density at radius 1 is 1.24 bits per heavy atom. The Morgan fingerprint density at radius 3 is 2.55 bits per heavy atom. The first-order valence-electron chi connectivity index (χ1n) is 9.73. The fourth-order valence-electron chi connectivity index (χ4n) is 4.83. The highest BCUT2D eigenvalue weighted by molar-refractivity contribution is 7.86. The van der Waals surface area contributed by atoms with Crippen molar-refractivity contribution in [3.63, 3.8) is 0 Å². The third-order valence-electron chi connectivity index (χ3n) is 6.01. The summed E-state index contributed by atoms with van der Waals surface area (Å²) >= 11 is 0. The molecule has 3 N–H and O–H groups in total. The average Bonchev–Trinajstić information content (AvgIpc) is 2.61. The minimum Gasteiger partial charge on any atom is -0.508 e. The monoisotopic (exact) mass is 422 g/mol. The van der Waals surface area contributed by atoms with Crippen LogP contribution >= 0.6 is 0 Å². The molecule has 7 heteroatoms. The van der Waals surface area contributed by atoms with E-state index >= 15 is 0 Å². The van der Waals surface area contributed by atoms with Gasteiger partial charge in [0, 0.05) is 11.5 Å². The largest absolute Gasteiger partial charge is 0.508 e. The average molecular weight is 423 g/mol. The first kappa shape index (κ1) is 21.7. The van der Waals surface area contributed by atoms with Gasteiger partial charge < -0.3 is 10.2 Å². The molecule has 2 atom stereocenters. The standard InChI is InChI=1S/C22H27FO5S/c1-13(2)20-17-6-5-16(23)12-15(17)8-10-22(20,25)11-9-18-19(24)7-4-14(3)21(18)29(26,27)28/h4-7,12-13,20,24-25H,8-11H2,1-3H3,(H,26,27,28)/t20-,22-/m1/s1. The number of fused-ring (bicyclic) bond motifs is 1. The van der Waals surface area contributed by atoms with Gasteiger partial charge >= 0.3 is 0 Å². The van der Waals surface area contributed by atoms with E-state index in [9.17, 15) is 27.6 Å². The molecule has 0 aromatic heterocycles. The minimum atomic E-state index is -4.53. The van der Waals surface area contributed by atoms with Gasteiger partial charge in [-0.1, -0.05) is 26.0 Å². The number of phenolic OH excluding ortho intramolecular Hbond substituents is 1. The molecular weight excluding hydrogens is 395 g/mol. The van der Waals surface area contributed by atoms with Gasteiger partial charge in [0.25, 0.3) is 10.1 Å². The molecule has 1 aliphatic rings. The molecule has 1 aliphatic carbocycles. The van der Waals surface area contributed by atoms with Crippen molar-refractivity contribution in [2.24, 2.45) is 5.92 Å². The van der Waals surface area contributed by atoms with Crippen LogP contribution in [0, 0.1) is 18.7 Å². The van der Waals surface area contributed by atoms with Crippen LogP contribution in [0.2, 0.25) is 0 Å². The summed E-state index contributed by atoms with van der Waals surface area (Å²) in [5, 5.41) is 21.8. The molecule has 0 spiro atoms. The lowest BCUT2D eigenvalue weighted by molar-refractivity contribution is -0.0246. The Morgan fingerprint density at radius 2 is 1.93 bits per heavy atom. The van der Waals surface area contributed by atoms with Gasteiger partial charge in [-0.05, 0) is 73.4 Å². The zero-order valence-electron chi connectivity index (χ0n) is 16.8. The number of aromatic hydroxyl groups is 1. The lowest BCUT2D eigenvalue weighted by atomic mass is 9.65. The van der Waals surface area contributed by atoms with Gasteiger partial charge in [0.05, 0.1) is 5.60 Å².